The number of nitrogens with one attached hydrogen (secondary N) is 2. The minimum atomic E-state index is -4.48. The Labute approximate surface area is 187 Å². The van der Waals surface area contributed by atoms with Crippen LogP contribution in [0.1, 0.15) is 32.9 Å². The van der Waals surface area contributed by atoms with E-state index < -0.39 is 23.5 Å². The lowest BCUT2D eigenvalue weighted by atomic mass is 10.1. The molecule has 3 rings (SSSR count). The molecule has 0 aliphatic rings. The predicted octanol–water partition coefficient (Wildman–Crippen LogP) is 3.74. The van der Waals surface area contributed by atoms with Crippen LogP contribution >= 0.6 is 0 Å². The highest BCUT2D eigenvalue weighted by Crippen LogP contribution is 2.30. The third-order valence-electron chi connectivity index (χ3n) is 5.05. The zero-order chi connectivity index (χ0) is 24.2. The first-order valence-corrected chi connectivity index (χ1v) is 10.1. The molecule has 0 aliphatic heterocycles. The van der Waals surface area contributed by atoms with Crippen molar-refractivity contribution in [3.8, 4) is 5.69 Å². The Hall–Kier alpha value is -3.69. The lowest BCUT2D eigenvalue weighted by Crippen LogP contribution is -2.35. The number of nitrogens with zero attached hydrogens (tertiary/aromatic N) is 2. The van der Waals surface area contributed by atoms with Crippen molar-refractivity contribution in [1.82, 2.24) is 20.4 Å². The molecule has 0 saturated carbocycles. The number of aryl methyl sites for hydroxylation is 1. The van der Waals surface area contributed by atoms with Crippen LogP contribution in [-0.4, -0.2) is 34.7 Å². The number of aromatic nitrogens is 2. The van der Waals surface area contributed by atoms with E-state index in [1.54, 1.807) is 19.9 Å². The second-order valence-corrected chi connectivity index (χ2v) is 7.37. The van der Waals surface area contributed by atoms with Crippen LogP contribution in [0.15, 0.2) is 48.5 Å². The molecule has 33 heavy (non-hydrogen) atoms. The lowest BCUT2D eigenvalue weighted by molar-refractivity contribution is -0.137. The molecule has 0 saturated heterocycles. The summed E-state index contributed by atoms with van der Waals surface area (Å²) in [4.78, 5) is 24.3. The smallest absolute Gasteiger partial charge is 0.354 e. The largest absolute Gasteiger partial charge is 0.416 e. The number of rotatable bonds is 7. The summed E-state index contributed by atoms with van der Waals surface area (Å²) in [6.45, 7) is 3.57. The van der Waals surface area contributed by atoms with E-state index in [0.717, 1.165) is 12.1 Å². The minimum Gasteiger partial charge on any atom is -0.354 e. The molecule has 1 aromatic heterocycles. The second-order valence-electron chi connectivity index (χ2n) is 7.37. The van der Waals surface area contributed by atoms with Crippen molar-refractivity contribution in [2.24, 2.45) is 0 Å². The second kappa shape index (κ2) is 9.85. The monoisotopic (exact) mass is 462 g/mol. The fraction of sp³-hybridized carbons (Fsp3) is 0.261. The first kappa shape index (κ1) is 24.0. The number of amides is 2. The van der Waals surface area contributed by atoms with Crippen molar-refractivity contribution < 1.29 is 27.2 Å². The molecule has 174 valence electrons. The van der Waals surface area contributed by atoms with Gasteiger partial charge in [0.25, 0.3) is 5.91 Å². The molecule has 0 fully saturated rings. The van der Waals surface area contributed by atoms with Gasteiger partial charge in [-0.05, 0) is 44.2 Å². The number of carbonyl (C=O) groups excluding carboxylic acids is 2. The number of hydrogen-bond acceptors (Lipinski definition) is 3. The Morgan fingerprint density at radius 1 is 1.00 bits per heavy atom. The van der Waals surface area contributed by atoms with E-state index >= 15 is 0 Å². The molecule has 0 aliphatic carbocycles. The van der Waals surface area contributed by atoms with Crippen LogP contribution in [-0.2, 0) is 17.4 Å². The van der Waals surface area contributed by atoms with Gasteiger partial charge in [0.05, 0.1) is 28.9 Å². The number of alkyl halides is 3. The average Bonchev–Trinajstić information content (AvgIpc) is 3.04. The van der Waals surface area contributed by atoms with E-state index in [9.17, 15) is 27.2 Å². The fourth-order valence-electron chi connectivity index (χ4n) is 3.34. The molecule has 10 heteroatoms. The molecular formula is C23H22F4N4O2. The van der Waals surface area contributed by atoms with E-state index in [2.05, 4.69) is 15.7 Å². The summed E-state index contributed by atoms with van der Waals surface area (Å²) in [6.07, 6.45) is -4.51. The normalized spacial score (nSPS) is 11.3. The van der Waals surface area contributed by atoms with Crippen LogP contribution < -0.4 is 10.6 Å². The molecule has 3 aromatic rings. The SMILES string of the molecule is Cc1nn(-c2cccc(C(F)(F)F)c2)c(C)c1CC(=O)NCCNC(=O)c1ccccc1F. The molecule has 1 heterocycles. The maximum absolute atomic E-state index is 13.6. The molecule has 0 spiro atoms. The number of halogens is 4. The summed E-state index contributed by atoms with van der Waals surface area (Å²) < 4.78 is 54.1. The van der Waals surface area contributed by atoms with Crippen LogP contribution in [0, 0.1) is 19.7 Å². The van der Waals surface area contributed by atoms with Crippen molar-refractivity contribution in [2.45, 2.75) is 26.4 Å². The molecule has 2 aromatic carbocycles. The number of benzene rings is 2. The fourth-order valence-corrected chi connectivity index (χ4v) is 3.34. The molecule has 2 amide bonds. The van der Waals surface area contributed by atoms with Crippen LogP contribution in [0.2, 0.25) is 0 Å². The Morgan fingerprint density at radius 2 is 1.70 bits per heavy atom. The van der Waals surface area contributed by atoms with Gasteiger partial charge in [-0.2, -0.15) is 18.3 Å². The first-order valence-electron chi connectivity index (χ1n) is 10.1. The first-order chi connectivity index (χ1) is 15.6. The Morgan fingerprint density at radius 3 is 2.39 bits per heavy atom. The van der Waals surface area contributed by atoms with Gasteiger partial charge >= 0.3 is 6.18 Å². The molecule has 6 nitrogen and oxygen atoms in total. The summed E-state index contributed by atoms with van der Waals surface area (Å²) in [5, 5.41) is 9.47. The summed E-state index contributed by atoms with van der Waals surface area (Å²) in [6, 6.07) is 10.4. The predicted molar refractivity (Wildman–Crippen MR) is 113 cm³/mol. The van der Waals surface area contributed by atoms with Gasteiger partial charge in [0, 0.05) is 24.3 Å². The van der Waals surface area contributed by atoms with Gasteiger partial charge in [-0.15, -0.1) is 0 Å². The molecular weight excluding hydrogens is 440 g/mol. The van der Waals surface area contributed by atoms with E-state index in [0.29, 0.717) is 17.0 Å². The van der Waals surface area contributed by atoms with E-state index in [-0.39, 0.29) is 36.7 Å². The molecule has 2 N–H and O–H groups in total. The lowest BCUT2D eigenvalue weighted by Gasteiger charge is -2.10. The van der Waals surface area contributed by atoms with Crippen molar-refractivity contribution in [3.63, 3.8) is 0 Å². The van der Waals surface area contributed by atoms with Gasteiger partial charge in [-0.3, -0.25) is 9.59 Å². The van der Waals surface area contributed by atoms with Crippen molar-refractivity contribution in [3.05, 3.63) is 82.4 Å². The van der Waals surface area contributed by atoms with Gasteiger partial charge in [-0.1, -0.05) is 18.2 Å². The van der Waals surface area contributed by atoms with Gasteiger partial charge < -0.3 is 10.6 Å². The van der Waals surface area contributed by atoms with Crippen LogP contribution in [0.5, 0.6) is 0 Å². The third-order valence-corrected chi connectivity index (χ3v) is 5.05. The topological polar surface area (TPSA) is 76.0 Å². The van der Waals surface area contributed by atoms with Gasteiger partial charge in [0.15, 0.2) is 0 Å². The minimum absolute atomic E-state index is 0.0299. The van der Waals surface area contributed by atoms with Gasteiger partial charge in [0.2, 0.25) is 5.91 Å². The standard InChI is InChI=1S/C23H22F4N4O2/c1-14-19(15(2)31(30-14)17-7-5-6-16(12-17)23(25,26)27)13-21(32)28-10-11-29-22(33)18-8-3-4-9-20(18)24/h3-9,12H,10-11,13H2,1-2H3,(H,28,32)(H,29,33). The molecule has 0 radical (unpaired) electrons. The van der Waals surface area contributed by atoms with Gasteiger partial charge in [-0.25, -0.2) is 9.07 Å². The van der Waals surface area contributed by atoms with Crippen molar-refractivity contribution in [1.29, 1.82) is 0 Å². The quantitative estimate of drug-likeness (QED) is 0.415. The summed E-state index contributed by atoms with van der Waals surface area (Å²) >= 11 is 0. The highest BCUT2D eigenvalue weighted by molar-refractivity contribution is 5.94. The molecule has 0 bridgehead atoms. The average molecular weight is 462 g/mol. The third kappa shape index (κ3) is 5.76. The van der Waals surface area contributed by atoms with Crippen LogP contribution in [0.25, 0.3) is 5.69 Å². The molecule has 0 atom stereocenters. The zero-order valence-electron chi connectivity index (χ0n) is 18.0. The summed E-state index contributed by atoms with van der Waals surface area (Å²) in [7, 11) is 0. The van der Waals surface area contributed by atoms with E-state index in [4.69, 9.17) is 0 Å². The maximum atomic E-state index is 13.6. The Bertz CT molecular complexity index is 1170. The number of carbonyl (C=O) groups is 2. The highest BCUT2D eigenvalue weighted by atomic mass is 19.4. The number of hydrogen-bond donors (Lipinski definition) is 2. The summed E-state index contributed by atoms with van der Waals surface area (Å²) in [5.41, 5.74) is 1.04. The Balaban J connectivity index is 1.59. The van der Waals surface area contributed by atoms with Gasteiger partial charge in [0.1, 0.15) is 5.82 Å². The molecule has 0 unspecified atom stereocenters. The maximum Gasteiger partial charge on any atom is 0.416 e. The van der Waals surface area contributed by atoms with Crippen molar-refractivity contribution >= 4 is 11.8 Å². The van der Waals surface area contributed by atoms with Crippen LogP contribution in [0.3, 0.4) is 0 Å². The highest BCUT2D eigenvalue weighted by Gasteiger charge is 2.30. The van der Waals surface area contributed by atoms with Crippen LogP contribution in [0.4, 0.5) is 17.6 Å². The van der Waals surface area contributed by atoms with E-state index in [1.165, 1.54) is 35.0 Å². The summed E-state index contributed by atoms with van der Waals surface area (Å²) in [5.74, 6) is -1.57. The van der Waals surface area contributed by atoms with Crippen molar-refractivity contribution in [2.75, 3.05) is 13.1 Å². The zero-order valence-corrected chi connectivity index (χ0v) is 18.0. The van der Waals surface area contributed by atoms with E-state index in [1.807, 2.05) is 0 Å². The Kier molecular flexibility index (Phi) is 7.15.